The van der Waals surface area contributed by atoms with Crippen LogP contribution in [0.15, 0.2) is 72.8 Å². The van der Waals surface area contributed by atoms with Crippen LogP contribution >= 0.6 is 0 Å². The highest BCUT2D eigenvalue weighted by molar-refractivity contribution is 5.83. The molecule has 2 heteroatoms. The normalized spacial score (nSPS) is 12.0. The predicted octanol–water partition coefficient (Wildman–Crippen LogP) is 8.08. The van der Waals surface area contributed by atoms with Crippen molar-refractivity contribution >= 4 is 0 Å². The van der Waals surface area contributed by atoms with Gasteiger partial charge in [0.2, 0.25) is 0 Å². The molecule has 0 amide bonds. The molecule has 0 radical (unpaired) electrons. The lowest BCUT2D eigenvalue weighted by molar-refractivity contribution is 0.0628. The van der Waals surface area contributed by atoms with Gasteiger partial charge in [-0.05, 0) is 60.2 Å². The molecule has 0 saturated heterocycles. The number of unbranched alkanes of at least 4 members (excludes halogenated alkanes) is 3. The quantitative estimate of drug-likeness (QED) is 0.302. The van der Waals surface area contributed by atoms with Crippen molar-refractivity contribution in [2.24, 2.45) is 0 Å². The standard InChI is InChI=1S/C28H34O2/c1-4-6-7-10-21-30-22(3)23-13-15-24(16-14-23)27-11-8-9-12-28(27)25-17-19-26(20-18-25)29-5-2/h8-9,11-20,22H,4-7,10,21H2,1-3H3. The van der Waals surface area contributed by atoms with Crippen LogP contribution in [-0.2, 0) is 4.74 Å². The first kappa shape index (κ1) is 22.1. The van der Waals surface area contributed by atoms with Crippen molar-refractivity contribution in [2.75, 3.05) is 13.2 Å². The summed E-state index contributed by atoms with van der Waals surface area (Å²) in [6.45, 7) is 7.90. The monoisotopic (exact) mass is 402 g/mol. The fourth-order valence-electron chi connectivity index (χ4n) is 3.70. The first-order valence-electron chi connectivity index (χ1n) is 11.3. The van der Waals surface area contributed by atoms with Gasteiger partial charge in [0.05, 0.1) is 12.7 Å². The van der Waals surface area contributed by atoms with Gasteiger partial charge in [0.1, 0.15) is 5.75 Å². The third-order valence-electron chi connectivity index (χ3n) is 5.46. The maximum Gasteiger partial charge on any atom is 0.119 e. The molecule has 30 heavy (non-hydrogen) atoms. The first-order valence-corrected chi connectivity index (χ1v) is 11.3. The number of hydrogen-bond donors (Lipinski definition) is 0. The molecule has 0 bridgehead atoms. The Morgan fingerprint density at radius 1 is 0.700 bits per heavy atom. The van der Waals surface area contributed by atoms with Gasteiger partial charge in [-0.2, -0.15) is 0 Å². The lowest BCUT2D eigenvalue weighted by atomic mass is 9.94. The minimum atomic E-state index is 0.127. The van der Waals surface area contributed by atoms with E-state index < -0.39 is 0 Å². The summed E-state index contributed by atoms with van der Waals surface area (Å²) < 4.78 is 11.6. The lowest BCUT2D eigenvalue weighted by Crippen LogP contribution is -2.01. The third kappa shape index (κ3) is 5.96. The maximum atomic E-state index is 6.03. The Labute approximate surface area is 181 Å². The molecule has 0 heterocycles. The zero-order chi connectivity index (χ0) is 21.2. The Balaban J connectivity index is 1.72. The van der Waals surface area contributed by atoms with Crippen molar-refractivity contribution in [1.29, 1.82) is 0 Å². The Morgan fingerprint density at radius 2 is 1.30 bits per heavy atom. The highest BCUT2D eigenvalue weighted by atomic mass is 16.5. The van der Waals surface area contributed by atoms with E-state index >= 15 is 0 Å². The minimum Gasteiger partial charge on any atom is -0.494 e. The first-order chi connectivity index (χ1) is 14.7. The molecule has 0 aliphatic carbocycles. The smallest absolute Gasteiger partial charge is 0.119 e. The van der Waals surface area contributed by atoms with Gasteiger partial charge >= 0.3 is 0 Å². The van der Waals surface area contributed by atoms with Crippen LogP contribution in [0.3, 0.4) is 0 Å². The molecule has 0 aliphatic heterocycles. The summed E-state index contributed by atoms with van der Waals surface area (Å²) in [7, 11) is 0. The van der Waals surface area contributed by atoms with Gasteiger partial charge in [0.15, 0.2) is 0 Å². The largest absolute Gasteiger partial charge is 0.494 e. The van der Waals surface area contributed by atoms with E-state index in [0.717, 1.165) is 18.8 Å². The van der Waals surface area contributed by atoms with Crippen molar-refractivity contribution < 1.29 is 9.47 Å². The van der Waals surface area contributed by atoms with E-state index in [1.54, 1.807) is 0 Å². The molecular formula is C28H34O2. The fourth-order valence-corrected chi connectivity index (χ4v) is 3.70. The summed E-state index contributed by atoms with van der Waals surface area (Å²) in [5.74, 6) is 0.909. The Bertz CT molecular complexity index is 881. The van der Waals surface area contributed by atoms with E-state index in [2.05, 4.69) is 74.5 Å². The highest BCUT2D eigenvalue weighted by Crippen LogP contribution is 2.33. The summed E-state index contributed by atoms with van der Waals surface area (Å²) >= 11 is 0. The van der Waals surface area contributed by atoms with Crippen molar-refractivity contribution in [3.05, 3.63) is 78.4 Å². The van der Waals surface area contributed by atoms with E-state index in [-0.39, 0.29) is 6.10 Å². The van der Waals surface area contributed by atoms with Crippen LogP contribution in [0.25, 0.3) is 22.3 Å². The highest BCUT2D eigenvalue weighted by Gasteiger charge is 2.10. The Hall–Kier alpha value is -2.58. The zero-order valence-electron chi connectivity index (χ0n) is 18.6. The Kier molecular flexibility index (Phi) is 8.53. The fraction of sp³-hybridized carbons (Fsp3) is 0.357. The average Bonchev–Trinajstić information content (AvgIpc) is 2.80. The molecule has 0 saturated carbocycles. The van der Waals surface area contributed by atoms with Gasteiger partial charge in [-0.15, -0.1) is 0 Å². The summed E-state index contributed by atoms with van der Waals surface area (Å²) in [6, 6.07) is 25.7. The van der Waals surface area contributed by atoms with Crippen molar-refractivity contribution in [3.8, 4) is 28.0 Å². The van der Waals surface area contributed by atoms with Gasteiger partial charge in [0, 0.05) is 6.61 Å². The van der Waals surface area contributed by atoms with Gasteiger partial charge in [-0.25, -0.2) is 0 Å². The Morgan fingerprint density at radius 3 is 1.87 bits per heavy atom. The van der Waals surface area contributed by atoms with Crippen LogP contribution in [0.4, 0.5) is 0 Å². The van der Waals surface area contributed by atoms with Crippen LogP contribution in [0.1, 0.15) is 58.1 Å². The molecular weight excluding hydrogens is 368 g/mol. The molecule has 2 nitrogen and oxygen atoms in total. The van der Waals surface area contributed by atoms with E-state index in [1.807, 2.05) is 19.1 Å². The third-order valence-corrected chi connectivity index (χ3v) is 5.46. The lowest BCUT2D eigenvalue weighted by Gasteiger charge is -2.15. The second kappa shape index (κ2) is 11.6. The SMILES string of the molecule is CCCCCCOC(C)c1ccc(-c2ccccc2-c2ccc(OCC)cc2)cc1. The minimum absolute atomic E-state index is 0.127. The summed E-state index contributed by atoms with van der Waals surface area (Å²) in [5.41, 5.74) is 6.11. The number of benzene rings is 3. The predicted molar refractivity (Wildman–Crippen MR) is 127 cm³/mol. The number of ether oxygens (including phenoxy) is 2. The van der Waals surface area contributed by atoms with E-state index in [4.69, 9.17) is 9.47 Å². The van der Waals surface area contributed by atoms with Crippen molar-refractivity contribution in [3.63, 3.8) is 0 Å². The number of rotatable bonds is 11. The zero-order valence-corrected chi connectivity index (χ0v) is 18.6. The van der Waals surface area contributed by atoms with Gasteiger partial charge in [-0.3, -0.25) is 0 Å². The molecule has 3 aromatic rings. The van der Waals surface area contributed by atoms with Crippen LogP contribution < -0.4 is 4.74 Å². The topological polar surface area (TPSA) is 18.5 Å². The molecule has 0 aliphatic rings. The van der Waals surface area contributed by atoms with E-state index in [0.29, 0.717) is 6.61 Å². The van der Waals surface area contributed by atoms with Crippen LogP contribution in [0, 0.1) is 0 Å². The molecule has 0 spiro atoms. The van der Waals surface area contributed by atoms with Crippen LogP contribution in [0.5, 0.6) is 5.75 Å². The second-order valence-electron chi connectivity index (χ2n) is 7.70. The summed E-state index contributed by atoms with van der Waals surface area (Å²) in [4.78, 5) is 0. The molecule has 3 rings (SSSR count). The molecule has 0 N–H and O–H groups in total. The second-order valence-corrected chi connectivity index (χ2v) is 7.70. The van der Waals surface area contributed by atoms with Crippen molar-refractivity contribution in [1.82, 2.24) is 0 Å². The van der Waals surface area contributed by atoms with Crippen molar-refractivity contribution in [2.45, 2.75) is 52.6 Å². The molecule has 0 fully saturated rings. The van der Waals surface area contributed by atoms with E-state index in [9.17, 15) is 0 Å². The van der Waals surface area contributed by atoms with Crippen LogP contribution in [0.2, 0.25) is 0 Å². The van der Waals surface area contributed by atoms with Crippen LogP contribution in [-0.4, -0.2) is 13.2 Å². The molecule has 1 atom stereocenters. The van der Waals surface area contributed by atoms with Gasteiger partial charge in [0.25, 0.3) is 0 Å². The molecule has 1 unspecified atom stereocenters. The molecule has 3 aromatic carbocycles. The molecule has 158 valence electrons. The van der Waals surface area contributed by atoms with Gasteiger partial charge in [-0.1, -0.05) is 86.8 Å². The molecule has 0 aromatic heterocycles. The number of hydrogen-bond acceptors (Lipinski definition) is 2. The van der Waals surface area contributed by atoms with E-state index in [1.165, 1.54) is 47.1 Å². The summed E-state index contributed by atoms with van der Waals surface area (Å²) in [6.07, 6.45) is 5.08. The summed E-state index contributed by atoms with van der Waals surface area (Å²) in [5, 5.41) is 0. The van der Waals surface area contributed by atoms with Gasteiger partial charge < -0.3 is 9.47 Å². The maximum absolute atomic E-state index is 6.03. The average molecular weight is 403 g/mol.